The second kappa shape index (κ2) is 7.05. The number of benzene rings is 2. The first-order valence-electron chi connectivity index (χ1n) is 7.92. The van der Waals surface area contributed by atoms with Gasteiger partial charge in [-0.15, -0.1) is 0 Å². The number of amides is 2. The molecule has 1 N–H and O–H groups in total. The number of carbonyl (C=O) groups excluding carboxylic acids is 2. The zero-order chi connectivity index (χ0) is 17.1. The Morgan fingerprint density at radius 2 is 1.96 bits per heavy atom. The third-order valence-corrected chi connectivity index (χ3v) is 4.77. The molecule has 1 aliphatic heterocycles. The summed E-state index contributed by atoms with van der Waals surface area (Å²) in [6, 6.07) is 15.3. The molecule has 0 aliphatic carbocycles. The van der Waals surface area contributed by atoms with Gasteiger partial charge in [-0.1, -0.05) is 48.0 Å². The Bertz CT molecular complexity index is 761. The normalized spacial score (nSPS) is 17.2. The van der Waals surface area contributed by atoms with Crippen molar-refractivity contribution in [2.24, 2.45) is 0 Å². The molecule has 0 saturated carbocycles. The van der Waals surface area contributed by atoms with Crippen molar-refractivity contribution in [1.29, 1.82) is 0 Å². The Morgan fingerprint density at radius 1 is 1.21 bits per heavy atom. The first kappa shape index (κ1) is 16.5. The predicted molar refractivity (Wildman–Crippen MR) is 95.2 cm³/mol. The molecule has 1 atom stereocenters. The SMILES string of the molecule is Cc1c(Cl)cccc1NC(=O)CN1C[C@H](c2ccccc2)CC1=O. The number of hydrogen-bond acceptors (Lipinski definition) is 2. The smallest absolute Gasteiger partial charge is 0.244 e. The minimum Gasteiger partial charge on any atom is -0.333 e. The van der Waals surface area contributed by atoms with Crippen molar-refractivity contribution in [3.63, 3.8) is 0 Å². The second-order valence-electron chi connectivity index (χ2n) is 6.05. The van der Waals surface area contributed by atoms with E-state index >= 15 is 0 Å². The molecular weight excluding hydrogens is 324 g/mol. The molecule has 4 nitrogen and oxygen atoms in total. The van der Waals surface area contributed by atoms with E-state index in [1.54, 1.807) is 23.1 Å². The van der Waals surface area contributed by atoms with Crippen LogP contribution in [0.1, 0.15) is 23.5 Å². The fourth-order valence-electron chi connectivity index (χ4n) is 2.98. The van der Waals surface area contributed by atoms with Crippen molar-refractivity contribution < 1.29 is 9.59 Å². The van der Waals surface area contributed by atoms with Crippen LogP contribution in [-0.4, -0.2) is 29.8 Å². The van der Waals surface area contributed by atoms with Gasteiger partial charge < -0.3 is 10.2 Å². The van der Waals surface area contributed by atoms with Crippen molar-refractivity contribution in [1.82, 2.24) is 4.90 Å². The molecule has 2 aromatic carbocycles. The van der Waals surface area contributed by atoms with E-state index in [0.717, 1.165) is 11.1 Å². The molecule has 1 aliphatic rings. The molecule has 124 valence electrons. The Balaban J connectivity index is 1.62. The van der Waals surface area contributed by atoms with Gasteiger partial charge in [0.05, 0.1) is 6.54 Å². The quantitative estimate of drug-likeness (QED) is 0.922. The zero-order valence-electron chi connectivity index (χ0n) is 13.5. The maximum absolute atomic E-state index is 12.3. The number of likely N-dealkylation sites (tertiary alicyclic amines) is 1. The highest BCUT2D eigenvalue weighted by Crippen LogP contribution is 2.28. The van der Waals surface area contributed by atoms with Crippen molar-refractivity contribution in [2.75, 3.05) is 18.4 Å². The Labute approximate surface area is 146 Å². The summed E-state index contributed by atoms with van der Waals surface area (Å²) >= 11 is 6.06. The van der Waals surface area contributed by atoms with Crippen LogP contribution in [0.2, 0.25) is 5.02 Å². The van der Waals surface area contributed by atoms with E-state index in [1.807, 2.05) is 37.3 Å². The fraction of sp³-hybridized carbons (Fsp3) is 0.263. The van der Waals surface area contributed by atoms with Gasteiger partial charge in [-0.25, -0.2) is 0 Å². The highest BCUT2D eigenvalue weighted by Gasteiger charge is 2.31. The van der Waals surface area contributed by atoms with Gasteiger partial charge in [0.25, 0.3) is 0 Å². The summed E-state index contributed by atoms with van der Waals surface area (Å²) in [6.07, 6.45) is 0.452. The molecule has 0 bridgehead atoms. The summed E-state index contributed by atoms with van der Waals surface area (Å²) in [5.41, 5.74) is 2.64. The second-order valence-corrected chi connectivity index (χ2v) is 6.45. The summed E-state index contributed by atoms with van der Waals surface area (Å²) < 4.78 is 0. The molecule has 0 radical (unpaired) electrons. The largest absolute Gasteiger partial charge is 0.333 e. The number of carbonyl (C=O) groups is 2. The van der Waals surface area contributed by atoms with Crippen LogP contribution in [0.25, 0.3) is 0 Å². The predicted octanol–water partition coefficient (Wildman–Crippen LogP) is 3.60. The van der Waals surface area contributed by atoms with E-state index in [9.17, 15) is 9.59 Å². The summed E-state index contributed by atoms with van der Waals surface area (Å²) in [7, 11) is 0. The van der Waals surface area contributed by atoms with Gasteiger partial charge in [0, 0.05) is 29.6 Å². The third kappa shape index (κ3) is 3.60. The Morgan fingerprint density at radius 3 is 2.71 bits per heavy atom. The van der Waals surface area contributed by atoms with Crippen LogP contribution in [0.15, 0.2) is 48.5 Å². The standard InChI is InChI=1S/C19H19ClN2O2/c1-13-16(20)8-5-9-17(13)21-18(23)12-22-11-15(10-19(22)24)14-6-3-2-4-7-14/h2-9,15H,10-12H2,1H3,(H,21,23)/t15-/m1/s1. The van der Waals surface area contributed by atoms with Crippen molar-refractivity contribution in [3.05, 3.63) is 64.7 Å². The van der Waals surface area contributed by atoms with Gasteiger partial charge in [0.1, 0.15) is 0 Å². The number of anilines is 1. The molecule has 1 saturated heterocycles. The van der Waals surface area contributed by atoms with E-state index in [1.165, 1.54) is 0 Å². The molecule has 1 heterocycles. The molecule has 0 aromatic heterocycles. The van der Waals surface area contributed by atoms with Gasteiger partial charge in [0.2, 0.25) is 11.8 Å². The van der Waals surface area contributed by atoms with Gasteiger partial charge in [-0.3, -0.25) is 9.59 Å². The first-order valence-corrected chi connectivity index (χ1v) is 8.30. The maximum Gasteiger partial charge on any atom is 0.244 e. The zero-order valence-corrected chi connectivity index (χ0v) is 14.2. The summed E-state index contributed by atoms with van der Waals surface area (Å²) in [4.78, 5) is 26.1. The van der Waals surface area contributed by atoms with Gasteiger partial charge >= 0.3 is 0 Å². The van der Waals surface area contributed by atoms with Crippen molar-refractivity contribution >= 4 is 29.1 Å². The first-order chi connectivity index (χ1) is 11.5. The topological polar surface area (TPSA) is 49.4 Å². The van der Waals surface area contributed by atoms with Crippen molar-refractivity contribution in [2.45, 2.75) is 19.3 Å². The minimum atomic E-state index is -0.206. The van der Waals surface area contributed by atoms with E-state index in [-0.39, 0.29) is 24.3 Å². The van der Waals surface area contributed by atoms with Crippen LogP contribution in [0.3, 0.4) is 0 Å². The molecule has 3 rings (SSSR count). The lowest BCUT2D eigenvalue weighted by atomic mass is 9.99. The van der Waals surface area contributed by atoms with Crippen LogP contribution in [-0.2, 0) is 9.59 Å². The molecule has 2 aromatic rings. The van der Waals surface area contributed by atoms with E-state index in [4.69, 9.17) is 11.6 Å². The molecule has 2 amide bonds. The average molecular weight is 343 g/mol. The lowest BCUT2D eigenvalue weighted by Gasteiger charge is -2.17. The maximum atomic E-state index is 12.3. The number of hydrogen-bond donors (Lipinski definition) is 1. The minimum absolute atomic E-state index is 0.0156. The summed E-state index contributed by atoms with van der Waals surface area (Å²) in [5.74, 6) is -0.0383. The lowest BCUT2D eigenvalue weighted by Crippen LogP contribution is -2.34. The third-order valence-electron chi connectivity index (χ3n) is 4.36. The van der Waals surface area contributed by atoms with Crippen LogP contribution in [0.4, 0.5) is 5.69 Å². The Hall–Kier alpha value is -2.33. The van der Waals surface area contributed by atoms with Crippen LogP contribution >= 0.6 is 11.6 Å². The number of nitrogens with one attached hydrogen (secondary N) is 1. The van der Waals surface area contributed by atoms with E-state index in [2.05, 4.69) is 5.32 Å². The van der Waals surface area contributed by atoms with Crippen LogP contribution in [0.5, 0.6) is 0 Å². The average Bonchev–Trinajstić information content (AvgIpc) is 2.93. The molecule has 1 fully saturated rings. The van der Waals surface area contributed by atoms with Gasteiger partial charge in [0.15, 0.2) is 0 Å². The molecule has 0 spiro atoms. The number of halogens is 1. The van der Waals surface area contributed by atoms with Gasteiger partial charge in [-0.2, -0.15) is 0 Å². The highest BCUT2D eigenvalue weighted by atomic mass is 35.5. The molecule has 24 heavy (non-hydrogen) atoms. The fourth-order valence-corrected chi connectivity index (χ4v) is 3.15. The summed E-state index contributed by atoms with van der Waals surface area (Å²) in [6.45, 7) is 2.49. The van der Waals surface area contributed by atoms with Gasteiger partial charge in [-0.05, 0) is 30.2 Å². The van der Waals surface area contributed by atoms with E-state index < -0.39 is 0 Å². The van der Waals surface area contributed by atoms with Crippen LogP contribution in [0, 0.1) is 6.92 Å². The number of rotatable bonds is 4. The molecular formula is C19H19ClN2O2. The number of nitrogens with zero attached hydrogens (tertiary/aromatic N) is 1. The molecule has 0 unspecified atom stereocenters. The Kier molecular flexibility index (Phi) is 4.86. The van der Waals surface area contributed by atoms with Crippen LogP contribution < -0.4 is 5.32 Å². The van der Waals surface area contributed by atoms with Crippen molar-refractivity contribution in [3.8, 4) is 0 Å². The monoisotopic (exact) mass is 342 g/mol. The highest BCUT2D eigenvalue weighted by molar-refractivity contribution is 6.31. The summed E-state index contributed by atoms with van der Waals surface area (Å²) in [5, 5.41) is 3.44. The lowest BCUT2D eigenvalue weighted by molar-refractivity contribution is -0.131. The molecule has 5 heteroatoms. The van der Waals surface area contributed by atoms with E-state index in [0.29, 0.717) is 23.7 Å².